The van der Waals surface area contributed by atoms with Crippen molar-refractivity contribution in [3.63, 3.8) is 0 Å². The summed E-state index contributed by atoms with van der Waals surface area (Å²) in [7, 11) is 1.78. The summed E-state index contributed by atoms with van der Waals surface area (Å²) >= 11 is 0. The zero-order valence-corrected chi connectivity index (χ0v) is 8.92. The quantitative estimate of drug-likeness (QED) is 0.823. The summed E-state index contributed by atoms with van der Waals surface area (Å²) in [4.78, 5) is 19.6. The highest BCUT2D eigenvalue weighted by atomic mass is 16.2. The first-order valence-corrected chi connectivity index (χ1v) is 4.92. The molecule has 2 aromatic rings. The Balaban J connectivity index is 1.97. The van der Waals surface area contributed by atoms with Crippen molar-refractivity contribution in [2.75, 3.05) is 0 Å². The van der Waals surface area contributed by atoms with Crippen LogP contribution in [0.15, 0.2) is 36.9 Å². The molecule has 1 N–H and O–H groups in total. The van der Waals surface area contributed by atoms with Crippen molar-refractivity contribution in [2.45, 2.75) is 6.54 Å². The molecular formula is C11H12N4O. The van der Waals surface area contributed by atoms with Gasteiger partial charge in [0.25, 0.3) is 5.91 Å². The molecule has 0 aliphatic carbocycles. The molecule has 2 heterocycles. The number of aryl methyl sites for hydroxylation is 1. The summed E-state index contributed by atoms with van der Waals surface area (Å²) in [5.41, 5.74) is 0.963. The number of hydrogen-bond acceptors (Lipinski definition) is 3. The van der Waals surface area contributed by atoms with Crippen LogP contribution in [0, 0.1) is 0 Å². The van der Waals surface area contributed by atoms with Gasteiger partial charge in [-0.3, -0.25) is 9.78 Å². The molecule has 0 aromatic carbocycles. The fraction of sp³-hybridized carbons (Fsp3) is 0.182. The highest BCUT2D eigenvalue weighted by Gasteiger charge is 2.09. The van der Waals surface area contributed by atoms with E-state index >= 15 is 0 Å². The average Bonchev–Trinajstić information content (AvgIpc) is 2.74. The molecule has 16 heavy (non-hydrogen) atoms. The molecule has 2 aromatic heterocycles. The fourth-order valence-corrected chi connectivity index (χ4v) is 1.35. The molecule has 1 amide bonds. The SMILES string of the molecule is Cn1ccnc1C(=O)NCc1cccnc1. The number of imidazole rings is 1. The molecule has 2 rings (SSSR count). The minimum absolute atomic E-state index is 0.184. The molecule has 0 aliphatic heterocycles. The predicted octanol–water partition coefficient (Wildman–Crippen LogP) is 0.745. The monoisotopic (exact) mass is 216 g/mol. The van der Waals surface area contributed by atoms with E-state index in [0.717, 1.165) is 5.56 Å². The van der Waals surface area contributed by atoms with Crippen LogP contribution >= 0.6 is 0 Å². The van der Waals surface area contributed by atoms with E-state index in [2.05, 4.69) is 15.3 Å². The summed E-state index contributed by atoms with van der Waals surface area (Å²) in [5.74, 6) is 0.222. The van der Waals surface area contributed by atoms with Crippen molar-refractivity contribution >= 4 is 5.91 Å². The van der Waals surface area contributed by atoms with E-state index in [4.69, 9.17) is 0 Å². The lowest BCUT2D eigenvalue weighted by Gasteiger charge is -2.04. The number of nitrogens with one attached hydrogen (secondary N) is 1. The number of nitrogens with zero attached hydrogens (tertiary/aromatic N) is 3. The first-order chi connectivity index (χ1) is 7.77. The van der Waals surface area contributed by atoms with E-state index in [1.54, 1.807) is 36.4 Å². The number of pyridine rings is 1. The third-order valence-corrected chi connectivity index (χ3v) is 2.20. The summed E-state index contributed by atoms with van der Waals surface area (Å²) in [6, 6.07) is 3.74. The van der Waals surface area contributed by atoms with Gasteiger partial charge in [-0.05, 0) is 11.6 Å². The number of amides is 1. The van der Waals surface area contributed by atoms with E-state index < -0.39 is 0 Å². The third kappa shape index (κ3) is 2.25. The summed E-state index contributed by atoms with van der Waals surface area (Å²) < 4.78 is 1.68. The van der Waals surface area contributed by atoms with Crippen molar-refractivity contribution in [3.8, 4) is 0 Å². The maximum absolute atomic E-state index is 11.7. The van der Waals surface area contributed by atoms with Crippen LogP contribution in [-0.2, 0) is 13.6 Å². The van der Waals surface area contributed by atoms with E-state index in [-0.39, 0.29) is 5.91 Å². The van der Waals surface area contributed by atoms with Gasteiger partial charge in [0.2, 0.25) is 0 Å². The Morgan fingerprint density at radius 2 is 2.38 bits per heavy atom. The topological polar surface area (TPSA) is 59.8 Å². The van der Waals surface area contributed by atoms with Crippen LogP contribution in [0.25, 0.3) is 0 Å². The van der Waals surface area contributed by atoms with Gasteiger partial charge in [0.1, 0.15) is 0 Å². The van der Waals surface area contributed by atoms with Gasteiger partial charge < -0.3 is 9.88 Å². The standard InChI is InChI=1S/C11H12N4O/c1-15-6-5-13-10(15)11(16)14-8-9-3-2-4-12-7-9/h2-7H,8H2,1H3,(H,14,16). The van der Waals surface area contributed by atoms with Crippen molar-refractivity contribution in [1.29, 1.82) is 0 Å². The Bertz CT molecular complexity index is 478. The Morgan fingerprint density at radius 3 is 3.00 bits per heavy atom. The van der Waals surface area contributed by atoms with Crippen LogP contribution in [0.4, 0.5) is 0 Å². The lowest BCUT2D eigenvalue weighted by molar-refractivity contribution is 0.0937. The van der Waals surface area contributed by atoms with Gasteiger partial charge in [-0.1, -0.05) is 6.07 Å². The Kier molecular flexibility index (Phi) is 2.95. The summed E-state index contributed by atoms with van der Waals surface area (Å²) in [5, 5.41) is 2.78. The maximum atomic E-state index is 11.7. The molecule has 5 nitrogen and oxygen atoms in total. The number of carbonyl (C=O) groups is 1. The second-order valence-corrected chi connectivity index (χ2v) is 3.41. The molecule has 0 saturated heterocycles. The van der Waals surface area contributed by atoms with Crippen molar-refractivity contribution in [2.24, 2.45) is 7.05 Å². The van der Waals surface area contributed by atoms with Gasteiger partial charge in [0.05, 0.1) is 0 Å². The molecule has 82 valence electrons. The highest BCUT2D eigenvalue weighted by molar-refractivity contribution is 5.90. The highest BCUT2D eigenvalue weighted by Crippen LogP contribution is 1.97. The molecule has 0 saturated carbocycles. The van der Waals surface area contributed by atoms with Crippen LogP contribution in [0.3, 0.4) is 0 Å². The zero-order chi connectivity index (χ0) is 11.4. The summed E-state index contributed by atoms with van der Waals surface area (Å²) in [6.45, 7) is 0.458. The van der Waals surface area contributed by atoms with Crippen molar-refractivity contribution < 1.29 is 4.79 Å². The Morgan fingerprint density at radius 1 is 1.50 bits per heavy atom. The molecular weight excluding hydrogens is 204 g/mol. The minimum Gasteiger partial charge on any atom is -0.345 e. The molecule has 0 bridgehead atoms. The van der Waals surface area contributed by atoms with Gasteiger partial charge in [0.15, 0.2) is 5.82 Å². The molecule has 0 atom stereocenters. The Labute approximate surface area is 93.2 Å². The third-order valence-electron chi connectivity index (χ3n) is 2.20. The Hall–Kier alpha value is -2.17. The van der Waals surface area contributed by atoms with Crippen LogP contribution < -0.4 is 5.32 Å². The van der Waals surface area contributed by atoms with Crippen LogP contribution in [0.2, 0.25) is 0 Å². The van der Waals surface area contributed by atoms with E-state index in [0.29, 0.717) is 12.4 Å². The largest absolute Gasteiger partial charge is 0.345 e. The van der Waals surface area contributed by atoms with E-state index in [1.807, 2.05) is 12.1 Å². The molecule has 0 fully saturated rings. The van der Waals surface area contributed by atoms with Crippen LogP contribution in [0.1, 0.15) is 16.2 Å². The second-order valence-electron chi connectivity index (χ2n) is 3.41. The second kappa shape index (κ2) is 4.57. The van der Waals surface area contributed by atoms with Gasteiger partial charge in [0, 0.05) is 38.4 Å². The van der Waals surface area contributed by atoms with Gasteiger partial charge in [-0.2, -0.15) is 0 Å². The molecule has 0 unspecified atom stereocenters. The molecule has 5 heteroatoms. The molecule has 0 spiro atoms. The maximum Gasteiger partial charge on any atom is 0.287 e. The number of rotatable bonds is 3. The van der Waals surface area contributed by atoms with Gasteiger partial charge in [-0.15, -0.1) is 0 Å². The predicted molar refractivity (Wildman–Crippen MR) is 58.6 cm³/mol. The first kappa shape index (κ1) is 10.4. The number of aromatic nitrogens is 3. The summed E-state index contributed by atoms with van der Waals surface area (Å²) in [6.07, 6.45) is 6.75. The number of hydrogen-bond donors (Lipinski definition) is 1. The fourth-order valence-electron chi connectivity index (χ4n) is 1.35. The van der Waals surface area contributed by atoms with Gasteiger partial charge >= 0.3 is 0 Å². The molecule has 0 aliphatic rings. The molecule has 0 radical (unpaired) electrons. The van der Waals surface area contributed by atoms with Crippen LogP contribution in [0.5, 0.6) is 0 Å². The minimum atomic E-state index is -0.184. The lowest BCUT2D eigenvalue weighted by atomic mass is 10.3. The van der Waals surface area contributed by atoms with Crippen molar-refractivity contribution in [1.82, 2.24) is 19.9 Å². The zero-order valence-electron chi connectivity index (χ0n) is 8.92. The van der Waals surface area contributed by atoms with Gasteiger partial charge in [-0.25, -0.2) is 4.98 Å². The first-order valence-electron chi connectivity index (χ1n) is 4.92. The van der Waals surface area contributed by atoms with E-state index in [1.165, 1.54) is 0 Å². The number of carbonyl (C=O) groups excluding carboxylic acids is 1. The average molecular weight is 216 g/mol. The lowest BCUT2D eigenvalue weighted by Crippen LogP contribution is -2.25. The van der Waals surface area contributed by atoms with Crippen LogP contribution in [-0.4, -0.2) is 20.4 Å². The van der Waals surface area contributed by atoms with Crippen molar-refractivity contribution in [3.05, 3.63) is 48.3 Å². The normalized spacial score (nSPS) is 10.1. The van der Waals surface area contributed by atoms with E-state index in [9.17, 15) is 4.79 Å². The smallest absolute Gasteiger partial charge is 0.287 e.